The molecule has 1 N–H and O–H groups in total. The number of hydrogen-bond donors (Lipinski definition) is 1. The maximum Gasteiger partial charge on any atom is 0.133 e. The summed E-state index contributed by atoms with van der Waals surface area (Å²) in [5.41, 5.74) is 1.08. The molecule has 2 nitrogen and oxygen atoms in total. The molecule has 94 valence electrons. The Labute approximate surface area is 124 Å². The van der Waals surface area contributed by atoms with Crippen LogP contribution in [0.2, 0.25) is 0 Å². The lowest BCUT2D eigenvalue weighted by Gasteiger charge is -2.09. The minimum absolute atomic E-state index is 0.620. The fraction of sp³-hybridized carbons (Fsp3) is 0.143. The normalized spacial score (nSPS) is 10.1. The number of halogens is 2. The van der Waals surface area contributed by atoms with E-state index >= 15 is 0 Å². The Balaban J connectivity index is 1.78. The lowest BCUT2D eigenvalue weighted by Crippen LogP contribution is -2.11. The average Bonchev–Trinajstić information content (AvgIpc) is 2.37. The monoisotopic (exact) mass is 369 g/mol. The molecular formula is C14H13Br2NO. The largest absolute Gasteiger partial charge is 0.491 e. The molecule has 4 heteroatoms. The molecule has 2 aromatic carbocycles. The summed E-state index contributed by atoms with van der Waals surface area (Å²) in [7, 11) is 0. The lowest BCUT2D eigenvalue weighted by molar-refractivity contribution is 0.331. The van der Waals surface area contributed by atoms with Gasteiger partial charge in [-0.1, -0.05) is 34.1 Å². The van der Waals surface area contributed by atoms with Crippen molar-refractivity contribution in [3.05, 3.63) is 57.5 Å². The highest BCUT2D eigenvalue weighted by molar-refractivity contribution is 9.10. The number of nitrogens with one attached hydrogen (secondary N) is 1. The molecule has 2 aromatic rings. The van der Waals surface area contributed by atoms with Crippen LogP contribution in [0.25, 0.3) is 0 Å². The second kappa shape index (κ2) is 6.81. The van der Waals surface area contributed by atoms with Gasteiger partial charge >= 0.3 is 0 Å². The molecule has 0 atom stereocenters. The minimum atomic E-state index is 0.620. The fourth-order valence-electron chi connectivity index (χ4n) is 1.52. The third kappa shape index (κ3) is 4.03. The molecule has 18 heavy (non-hydrogen) atoms. The highest BCUT2D eigenvalue weighted by Crippen LogP contribution is 2.23. The van der Waals surface area contributed by atoms with Crippen LogP contribution >= 0.6 is 31.9 Å². The van der Waals surface area contributed by atoms with Crippen LogP contribution in [0.3, 0.4) is 0 Å². The summed E-state index contributed by atoms with van der Waals surface area (Å²) in [6, 6.07) is 15.9. The number of para-hydroxylation sites is 1. The van der Waals surface area contributed by atoms with Crippen molar-refractivity contribution in [2.45, 2.75) is 0 Å². The van der Waals surface area contributed by atoms with E-state index in [0.717, 1.165) is 26.9 Å². The highest BCUT2D eigenvalue weighted by atomic mass is 79.9. The van der Waals surface area contributed by atoms with Crippen LogP contribution in [0.1, 0.15) is 0 Å². The summed E-state index contributed by atoms with van der Waals surface area (Å²) < 4.78 is 7.72. The van der Waals surface area contributed by atoms with Crippen LogP contribution < -0.4 is 10.1 Å². The Morgan fingerprint density at radius 2 is 1.83 bits per heavy atom. The van der Waals surface area contributed by atoms with Crippen LogP contribution in [0.5, 0.6) is 5.75 Å². The van der Waals surface area contributed by atoms with Gasteiger partial charge in [0.25, 0.3) is 0 Å². The Morgan fingerprint density at radius 3 is 2.61 bits per heavy atom. The van der Waals surface area contributed by atoms with Gasteiger partial charge < -0.3 is 10.1 Å². The zero-order chi connectivity index (χ0) is 12.8. The van der Waals surface area contributed by atoms with E-state index in [9.17, 15) is 0 Å². The van der Waals surface area contributed by atoms with Gasteiger partial charge in [-0.3, -0.25) is 0 Å². The number of anilines is 1. The van der Waals surface area contributed by atoms with Gasteiger partial charge in [-0.25, -0.2) is 0 Å². The van der Waals surface area contributed by atoms with Crippen LogP contribution in [-0.2, 0) is 0 Å². The Morgan fingerprint density at radius 1 is 1.00 bits per heavy atom. The molecule has 0 aliphatic carbocycles. The van der Waals surface area contributed by atoms with E-state index in [-0.39, 0.29) is 0 Å². The van der Waals surface area contributed by atoms with Crippen LogP contribution in [0.4, 0.5) is 5.69 Å². The van der Waals surface area contributed by atoms with Crippen LogP contribution in [0, 0.1) is 0 Å². The molecule has 0 spiro atoms. The summed E-state index contributed by atoms with van der Waals surface area (Å²) in [6.45, 7) is 1.38. The molecule has 0 aliphatic heterocycles. The molecule has 0 saturated heterocycles. The molecular weight excluding hydrogens is 358 g/mol. The SMILES string of the molecule is Brc1cccc(NCCOc2ccccc2Br)c1. The molecule has 0 unspecified atom stereocenters. The molecule has 2 rings (SSSR count). The first kappa shape index (κ1) is 13.4. The number of hydrogen-bond acceptors (Lipinski definition) is 2. The van der Waals surface area contributed by atoms with E-state index in [2.05, 4.69) is 37.2 Å². The number of benzene rings is 2. The summed E-state index contributed by atoms with van der Waals surface area (Å²) >= 11 is 6.89. The molecule has 0 bridgehead atoms. The van der Waals surface area contributed by atoms with E-state index in [0.29, 0.717) is 6.61 Å². The van der Waals surface area contributed by atoms with Crippen molar-refractivity contribution in [3.8, 4) is 5.75 Å². The van der Waals surface area contributed by atoms with Crippen LogP contribution in [-0.4, -0.2) is 13.2 Å². The summed E-state index contributed by atoms with van der Waals surface area (Å²) in [5, 5.41) is 3.30. The van der Waals surface area contributed by atoms with Gasteiger partial charge in [0.2, 0.25) is 0 Å². The quantitative estimate of drug-likeness (QED) is 0.770. The standard InChI is InChI=1S/C14H13Br2NO/c15-11-4-3-5-12(10-11)17-8-9-18-14-7-2-1-6-13(14)16/h1-7,10,17H,8-9H2. The van der Waals surface area contributed by atoms with E-state index < -0.39 is 0 Å². The predicted molar refractivity (Wildman–Crippen MR) is 82.3 cm³/mol. The summed E-state index contributed by atoms with van der Waals surface area (Å²) in [6.07, 6.45) is 0. The van der Waals surface area contributed by atoms with E-state index in [4.69, 9.17) is 4.74 Å². The first-order valence-corrected chi connectivity index (χ1v) is 7.21. The minimum Gasteiger partial charge on any atom is -0.491 e. The van der Waals surface area contributed by atoms with Crippen LogP contribution in [0.15, 0.2) is 57.5 Å². The van der Waals surface area contributed by atoms with Crippen molar-refractivity contribution >= 4 is 37.5 Å². The van der Waals surface area contributed by atoms with E-state index in [1.165, 1.54) is 0 Å². The van der Waals surface area contributed by atoms with Crippen molar-refractivity contribution in [2.24, 2.45) is 0 Å². The lowest BCUT2D eigenvalue weighted by atomic mass is 10.3. The average molecular weight is 371 g/mol. The maximum atomic E-state index is 5.67. The number of ether oxygens (including phenoxy) is 1. The van der Waals surface area contributed by atoms with Gasteiger partial charge in [0.05, 0.1) is 4.47 Å². The summed E-state index contributed by atoms with van der Waals surface area (Å²) in [5.74, 6) is 0.869. The Kier molecular flexibility index (Phi) is 5.08. The van der Waals surface area contributed by atoms with Gasteiger partial charge in [-0.05, 0) is 46.3 Å². The van der Waals surface area contributed by atoms with Crippen molar-refractivity contribution in [3.63, 3.8) is 0 Å². The zero-order valence-electron chi connectivity index (χ0n) is 9.70. The second-order valence-corrected chi connectivity index (χ2v) is 5.49. The van der Waals surface area contributed by atoms with Gasteiger partial charge in [0.1, 0.15) is 12.4 Å². The fourth-order valence-corrected chi connectivity index (χ4v) is 2.32. The molecule has 0 radical (unpaired) electrons. The van der Waals surface area contributed by atoms with Crippen molar-refractivity contribution in [1.29, 1.82) is 0 Å². The third-order valence-corrected chi connectivity index (χ3v) is 3.50. The van der Waals surface area contributed by atoms with E-state index in [1.807, 2.05) is 48.5 Å². The third-order valence-electron chi connectivity index (χ3n) is 2.35. The topological polar surface area (TPSA) is 21.3 Å². The Bertz CT molecular complexity index is 517. The highest BCUT2D eigenvalue weighted by Gasteiger charge is 1.98. The van der Waals surface area contributed by atoms with Gasteiger partial charge in [0, 0.05) is 16.7 Å². The molecule has 0 amide bonds. The predicted octanol–water partition coefficient (Wildman–Crippen LogP) is 4.70. The molecule has 0 heterocycles. The Hall–Kier alpha value is -1.00. The molecule has 0 aromatic heterocycles. The second-order valence-electron chi connectivity index (χ2n) is 3.72. The van der Waals surface area contributed by atoms with E-state index in [1.54, 1.807) is 0 Å². The summed E-state index contributed by atoms with van der Waals surface area (Å²) in [4.78, 5) is 0. The smallest absolute Gasteiger partial charge is 0.133 e. The first-order chi connectivity index (χ1) is 8.75. The number of rotatable bonds is 5. The van der Waals surface area contributed by atoms with Gasteiger partial charge in [0.15, 0.2) is 0 Å². The molecule has 0 aliphatic rings. The first-order valence-electron chi connectivity index (χ1n) is 5.62. The molecule has 0 fully saturated rings. The van der Waals surface area contributed by atoms with Crippen molar-refractivity contribution in [1.82, 2.24) is 0 Å². The van der Waals surface area contributed by atoms with Gasteiger partial charge in [-0.2, -0.15) is 0 Å². The van der Waals surface area contributed by atoms with Crippen molar-refractivity contribution in [2.75, 3.05) is 18.5 Å². The van der Waals surface area contributed by atoms with Crippen molar-refractivity contribution < 1.29 is 4.74 Å². The maximum absolute atomic E-state index is 5.67. The molecule has 0 saturated carbocycles. The zero-order valence-corrected chi connectivity index (χ0v) is 12.9. The van der Waals surface area contributed by atoms with Gasteiger partial charge in [-0.15, -0.1) is 0 Å².